The first-order valence-corrected chi connectivity index (χ1v) is 18.4. The van der Waals surface area contributed by atoms with E-state index in [0.717, 1.165) is 52.0 Å². The fourth-order valence-corrected chi connectivity index (χ4v) is 7.77. The van der Waals surface area contributed by atoms with Crippen molar-refractivity contribution in [3.05, 3.63) is 137 Å². The molecule has 0 amide bonds. The minimum absolute atomic E-state index is 0. The monoisotopic (exact) mass is 865 g/mol. The van der Waals surface area contributed by atoms with Crippen molar-refractivity contribution >= 4 is 21.8 Å². The molecule has 5 aromatic carbocycles. The Bertz CT molecular complexity index is 2350. The van der Waals surface area contributed by atoms with Crippen LogP contribution in [0.3, 0.4) is 0 Å². The van der Waals surface area contributed by atoms with E-state index in [2.05, 4.69) is 152 Å². The number of nitrogens with zero attached hydrogens (tertiary/aromatic N) is 3. The minimum atomic E-state index is 0. The van der Waals surface area contributed by atoms with Crippen LogP contribution in [-0.4, -0.2) is 14.3 Å². The summed E-state index contributed by atoms with van der Waals surface area (Å²) < 4.78 is 10.8. The summed E-state index contributed by atoms with van der Waals surface area (Å²) >= 11 is 0. The molecule has 0 saturated carbocycles. The third-order valence-electron chi connectivity index (χ3n) is 10.4. The largest absolute Gasteiger partial charge is 0.509 e. The number of hydrogen-bond acceptors (Lipinski definition) is 2. The van der Waals surface area contributed by atoms with E-state index in [0.29, 0.717) is 23.3 Å². The molecule has 0 bridgehead atoms. The molecule has 7 rings (SSSR count). The molecular weight excluding hydrogens is 818 g/mol. The molecule has 270 valence electrons. The molecule has 0 saturated heterocycles. The Morgan fingerprint density at radius 3 is 2.15 bits per heavy atom. The van der Waals surface area contributed by atoms with Crippen molar-refractivity contribution in [3.8, 4) is 34.0 Å². The topological polar surface area (TPSA) is 32.0 Å². The SMILES string of the molecule is CCCC(C)(C)c1cc[c-]c(-n2c3[c-]c(Oc4[c-]c(-n5nc(C)c(-c6c(C(C)C)cccc6C(C)C)c5C)ccc4)ccc3c3ccccc32)c1.[Pt]. The van der Waals surface area contributed by atoms with Crippen LogP contribution < -0.4 is 4.74 Å². The molecule has 0 spiro atoms. The molecule has 4 nitrogen and oxygen atoms in total. The second-order valence-corrected chi connectivity index (χ2v) is 15.1. The predicted molar refractivity (Wildman–Crippen MR) is 212 cm³/mol. The van der Waals surface area contributed by atoms with Gasteiger partial charge in [-0.25, -0.2) is 0 Å². The number of hydrogen-bond donors (Lipinski definition) is 0. The number of benzene rings is 5. The fraction of sp³-hybridized carbons (Fsp3) is 0.298. The summed E-state index contributed by atoms with van der Waals surface area (Å²) in [7, 11) is 0. The summed E-state index contributed by atoms with van der Waals surface area (Å²) in [6, 6.07) is 42.6. The maximum absolute atomic E-state index is 6.53. The van der Waals surface area contributed by atoms with Crippen LogP contribution in [0.2, 0.25) is 0 Å². The molecule has 7 aromatic rings. The quantitative estimate of drug-likeness (QED) is 0.128. The summed E-state index contributed by atoms with van der Waals surface area (Å²) in [6.07, 6.45) is 2.25. The van der Waals surface area contributed by atoms with E-state index in [4.69, 9.17) is 9.84 Å². The van der Waals surface area contributed by atoms with E-state index in [9.17, 15) is 0 Å². The number of fused-ring (bicyclic) bond motifs is 3. The average Bonchev–Trinajstić information content (AvgIpc) is 3.60. The van der Waals surface area contributed by atoms with Gasteiger partial charge in [-0.15, -0.1) is 41.8 Å². The molecule has 0 N–H and O–H groups in total. The van der Waals surface area contributed by atoms with E-state index in [1.165, 1.54) is 33.2 Å². The average molecular weight is 866 g/mol. The summed E-state index contributed by atoms with van der Waals surface area (Å²) in [5, 5.41) is 7.37. The molecule has 0 aliphatic carbocycles. The second kappa shape index (κ2) is 14.9. The molecule has 0 atom stereocenters. The molecule has 0 aliphatic rings. The van der Waals surface area contributed by atoms with Crippen LogP contribution in [0.4, 0.5) is 0 Å². The predicted octanol–water partition coefficient (Wildman–Crippen LogP) is 12.8. The summed E-state index contributed by atoms with van der Waals surface area (Å²) in [5.74, 6) is 2.03. The molecule has 0 unspecified atom stereocenters. The van der Waals surface area contributed by atoms with Crippen molar-refractivity contribution in [1.82, 2.24) is 14.3 Å². The van der Waals surface area contributed by atoms with Crippen molar-refractivity contribution in [2.24, 2.45) is 0 Å². The van der Waals surface area contributed by atoms with Crippen LogP contribution in [-0.2, 0) is 26.5 Å². The maximum Gasteiger partial charge on any atom is 0.0678 e. The van der Waals surface area contributed by atoms with Crippen molar-refractivity contribution in [2.45, 2.75) is 92.4 Å². The molecule has 0 fully saturated rings. The molecule has 2 aromatic heterocycles. The van der Waals surface area contributed by atoms with Gasteiger partial charge < -0.3 is 9.30 Å². The zero-order valence-electron chi connectivity index (χ0n) is 31.8. The van der Waals surface area contributed by atoms with Gasteiger partial charge in [0.2, 0.25) is 0 Å². The third kappa shape index (κ3) is 6.79. The van der Waals surface area contributed by atoms with E-state index < -0.39 is 0 Å². The van der Waals surface area contributed by atoms with Crippen LogP contribution in [0.1, 0.15) is 101 Å². The smallest absolute Gasteiger partial charge is 0.0678 e. The zero-order chi connectivity index (χ0) is 36.0. The number of ether oxygens (including phenoxy) is 1. The van der Waals surface area contributed by atoms with E-state index >= 15 is 0 Å². The van der Waals surface area contributed by atoms with Gasteiger partial charge in [0.05, 0.1) is 5.69 Å². The fourth-order valence-electron chi connectivity index (χ4n) is 7.77. The Morgan fingerprint density at radius 1 is 0.750 bits per heavy atom. The van der Waals surface area contributed by atoms with E-state index in [-0.39, 0.29) is 26.5 Å². The van der Waals surface area contributed by atoms with Crippen molar-refractivity contribution in [3.63, 3.8) is 0 Å². The van der Waals surface area contributed by atoms with Crippen molar-refractivity contribution in [2.75, 3.05) is 0 Å². The van der Waals surface area contributed by atoms with Gasteiger partial charge >= 0.3 is 0 Å². The first kappa shape index (κ1) is 37.4. The molecule has 2 heterocycles. The Hall–Kier alpha value is -4.40. The van der Waals surface area contributed by atoms with Gasteiger partial charge in [-0.1, -0.05) is 102 Å². The van der Waals surface area contributed by atoms with Crippen LogP contribution in [0, 0.1) is 32.0 Å². The van der Waals surface area contributed by atoms with Gasteiger partial charge in [-0.3, -0.25) is 4.68 Å². The van der Waals surface area contributed by atoms with Gasteiger partial charge in [0.15, 0.2) is 0 Å². The number of aryl methyl sites for hydroxylation is 1. The van der Waals surface area contributed by atoms with Gasteiger partial charge in [-0.2, -0.15) is 41.0 Å². The van der Waals surface area contributed by atoms with Crippen molar-refractivity contribution < 1.29 is 25.8 Å². The first-order valence-electron chi connectivity index (χ1n) is 18.4. The Morgan fingerprint density at radius 2 is 1.44 bits per heavy atom. The Balaban J connectivity index is 0.00000464. The van der Waals surface area contributed by atoms with Crippen LogP contribution >= 0.6 is 0 Å². The minimum Gasteiger partial charge on any atom is -0.509 e. The molecule has 0 aliphatic heterocycles. The molecular formula is C47H48N3OPt-3. The van der Waals surface area contributed by atoms with Gasteiger partial charge in [-0.05, 0) is 71.3 Å². The molecule has 5 heteroatoms. The van der Waals surface area contributed by atoms with Crippen LogP contribution in [0.5, 0.6) is 11.5 Å². The number of aromatic nitrogens is 3. The third-order valence-corrected chi connectivity index (χ3v) is 10.4. The van der Waals surface area contributed by atoms with E-state index in [1.54, 1.807) is 0 Å². The second-order valence-electron chi connectivity index (χ2n) is 15.1. The van der Waals surface area contributed by atoms with Gasteiger partial charge in [0.25, 0.3) is 0 Å². The number of rotatable bonds is 10. The molecule has 52 heavy (non-hydrogen) atoms. The van der Waals surface area contributed by atoms with Crippen LogP contribution in [0.15, 0.2) is 91.0 Å². The van der Waals surface area contributed by atoms with Gasteiger partial charge in [0.1, 0.15) is 0 Å². The zero-order valence-corrected chi connectivity index (χ0v) is 34.1. The number of para-hydroxylation sites is 1. The van der Waals surface area contributed by atoms with Gasteiger partial charge in [0, 0.05) is 49.3 Å². The molecule has 0 radical (unpaired) electrons. The van der Waals surface area contributed by atoms with Crippen molar-refractivity contribution in [1.29, 1.82) is 0 Å². The summed E-state index contributed by atoms with van der Waals surface area (Å²) in [4.78, 5) is 0. The Labute approximate surface area is 324 Å². The van der Waals surface area contributed by atoms with Crippen LogP contribution in [0.25, 0.3) is 44.3 Å². The standard InChI is InChI=1S/C47H48N3O.Pt/c1-10-26-47(8,9)34-16-13-17-35(27-34)49-43-23-12-11-20-41(43)42-25-24-38(29-44(42)49)51-37-19-14-18-36(28-37)50-33(7)45(32(6)48-50)46-39(30(2)3)21-15-22-40(46)31(4)5;/h11-16,18-25,27,30-31H,10,26H2,1-9H3;/q-3;. The van der Waals surface area contributed by atoms with E-state index in [1.807, 2.05) is 28.9 Å². The normalized spacial score (nSPS) is 11.9. The summed E-state index contributed by atoms with van der Waals surface area (Å²) in [5.41, 5.74) is 12.6. The Kier molecular flexibility index (Phi) is 10.7. The first-order chi connectivity index (χ1) is 24.5. The maximum atomic E-state index is 6.53. The summed E-state index contributed by atoms with van der Waals surface area (Å²) in [6.45, 7) is 20.2.